The van der Waals surface area contributed by atoms with Crippen molar-refractivity contribution in [1.29, 1.82) is 0 Å². The first-order valence-corrected chi connectivity index (χ1v) is 9.36. The highest BCUT2D eigenvalue weighted by atomic mass is 32.2. The number of hydrogen-bond acceptors (Lipinski definition) is 6. The fourth-order valence-corrected chi connectivity index (χ4v) is 3.26. The second kappa shape index (κ2) is 7.07. The Morgan fingerprint density at radius 3 is 2.22 bits per heavy atom. The molecule has 0 N–H and O–H groups in total. The third-order valence-corrected chi connectivity index (χ3v) is 6.05. The Balaban J connectivity index is 2.58. The van der Waals surface area contributed by atoms with Crippen LogP contribution < -0.4 is 0 Å². The molecule has 0 bridgehead atoms. The number of sulfone groups is 1. The molecule has 1 amide bonds. The molecule has 1 unspecified atom stereocenters. The number of nitrogens with zero attached hydrogens (tertiary/aromatic N) is 1. The molecule has 134 valence electrons. The Bertz CT molecular complexity index is 549. The van der Waals surface area contributed by atoms with Crippen molar-refractivity contribution in [3.63, 3.8) is 0 Å². The van der Waals surface area contributed by atoms with Gasteiger partial charge in [-0.25, -0.2) is 13.2 Å². The van der Waals surface area contributed by atoms with Crippen molar-refractivity contribution in [2.24, 2.45) is 0 Å². The van der Waals surface area contributed by atoms with E-state index in [1.54, 1.807) is 20.8 Å². The zero-order chi connectivity index (χ0) is 18.0. The van der Waals surface area contributed by atoms with Gasteiger partial charge < -0.3 is 14.4 Å². The Kier molecular flexibility index (Phi) is 6.06. The van der Waals surface area contributed by atoms with Crippen molar-refractivity contribution in [2.75, 3.05) is 13.1 Å². The van der Waals surface area contributed by atoms with Crippen LogP contribution in [0.15, 0.2) is 0 Å². The predicted molar refractivity (Wildman–Crippen MR) is 85.8 cm³/mol. The van der Waals surface area contributed by atoms with Gasteiger partial charge in [-0.3, -0.25) is 4.79 Å². The zero-order valence-electron chi connectivity index (χ0n) is 14.7. The quantitative estimate of drug-likeness (QED) is 0.718. The lowest BCUT2D eigenvalue weighted by molar-refractivity contribution is -0.147. The molecule has 0 aromatic carbocycles. The maximum Gasteiger partial charge on any atom is 0.410 e. The fourth-order valence-electron chi connectivity index (χ4n) is 2.12. The van der Waals surface area contributed by atoms with E-state index in [-0.39, 0.29) is 6.54 Å². The molecule has 0 aliphatic carbocycles. The van der Waals surface area contributed by atoms with Gasteiger partial charge in [0.05, 0.1) is 11.8 Å². The van der Waals surface area contributed by atoms with Gasteiger partial charge in [-0.1, -0.05) is 0 Å². The number of carbonyl (C=O) groups excluding carboxylic acids is 2. The molecular weight excluding hydrogens is 322 g/mol. The Hall–Kier alpha value is -1.31. The van der Waals surface area contributed by atoms with Gasteiger partial charge in [0.25, 0.3) is 0 Å². The maximum atomic E-state index is 12.0. The van der Waals surface area contributed by atoms with Gasteiger partial charge in [-0.15, -0.1) is 0 Å². The monoisotopic (exact) mass is 349 g/mol. The summed E-state index contributed by atoms with van der Waals surface area (Å²) in [6.07, 6.45) is -0.488. The fraction of sp³-hybridized carbons (Fsp3) is 0.867. The molecule has 1 heterocycles. The molecule has 0 aromatic heterocycles. The number of likely N-dealkylation sites (tertiary alicyclic amines) is 1. The summed E-state index contributed by atoms with van der Waals surface area (Å²) < 4.78 is 34.5. The SMILES string of the molecule is CC(C)S(=O)(=O)C(C)C(=O)O[C@H]1CCN(C(=O)OC(C)(C)C)C1. The van der Waals surface area contributed by atoms with Crippen LogP contribution in [-0.2, 0) is 24.1 Å². The first-order chi connectivity index (χ1) is 10.3. The summed E-state index contributed by atoms with van der Waals surface area (Å²) in [6, 6.07) is 0. The molecule has 7 nitrogen and oxygen atoms in total. The van der Waals surface area contributed by atoms with Crippen LogP contribution in [0.1, 0.15) is 48.0 Å². The van der Waals surface area contributed by atoms with E-state index in [9.17, 15) is 18.0 Å². The molecule has 23 heavy (non-hydrogen) atoms. The van der Waals surface area contributed by atoms with E-state index >= 15 is 0 Å². The van der Waals surface area contributed by atoms with Crippen LogP contribution in [0.4, 0.5) is 4.79 Å². The molecule has 0 aromatic rings. The van der Waals surface area contributed by atoms with Crippen molar-refractivity contribution in [1.82, 2.24) is 4.90 Å². The molecule has 0 saturated carbocycles. The van der Waals surface area contributed by atoms with Crippen molar-refractivity contribution in [3.8, 4) is 0 Å². The smallest absolute Gasteiger partial charge is 0.410 e. The summed E-state index contributed by atoms with van der Waals surface area (Å²) in [4.78, 5) is 25.4. The molecule has 0 spiro atoms. The minimum absolute atomic E-state index is 0.217. The zero-order valence-corrected chi connectivity index (χ0v) is 15.5. The molecular formula is C15H27NO6S. The van der Waals surface area contributed by atoms with Crippen LogP contribution in [0, 0.1) is 0 Å². The number of rotatable bonds is 4. The van der Waals surface area contributed by atoms with Gasteiger partial charge in [-0.2, -0.15) is 0 Å². The number of amides is 1. The second-order valence-corrected chi connectivity index (χ2v) is 9.88. The summed E-state index contributed by atoms with van der Waals surface area (Å²) >= 11 is 0. The van der Waals surface area contributed by atoms with E-state index in [1.807, 2.05) is 0 Å². The summed E-state index contributed by atoms with van der Waals surface area (Å²) in [6.45, 7) is 10.3. The topological polar surface area (TPSA) is 90.0 Å². The molecule has 1 aliphatic rings. The standard InChI is InChI=1S/C15H27NO6S/c1-10(2)23(19,20)11(3)13(17)21-12-7-8-16(9-12)14(18)22-15(4,5)6/h10-12H,7-9H2,1-6H3/t11?,12-/m0/s1. The number of carbonyl (C=O) groups is 2. The molecule has 1 saturated heterocycles. The number of esters is 1. The predicted octanol–water partition coefficient (Wildman–Crippen LogP) is 1.75. The third kappa shape index (κ3) is 5.37. The lowest BCUT2D eigenvalue weighted by Gasteiger charge is -2.24. The average Bonchev–Trinajstić information content (AvgIpc) is 2.84. The van der Waals surface area contributed by atoms with Crippen LogP contribution in [0.5, 0.6) is 0 Å². The first-order valence-electron chi connectivity index (χ1n) is 7.75. The van der Waals surface area contributed by atoms with Crippen LogP contribution in [0.25, 0.3) is 0 Å². The van der Waals surface area contributed by atoms with Crippen molar-refractivity contribution >= 4 is 21.9 Å². The second-order valence-electron chi connectivity index (χ2n) is 7.05. The van der Waals surface area contributed by atoms with Gasteiger partial charge in [0, 0.05) is 13.0 Å². The summed E-state index contributed by atoms with van der Waals surface area (Å²) in [5.41, 5.74) is -0.592. The van der Waals surface area contributed by atoms with Crippen LogP contribution in [0.3, 0.4) is 0 Å². The van der Waals surface area contributed by atoms with Crippen molar-refractivity contribution < 1.29 is 27.5 Å². The molecule has 0 radical (unpaired) electrons. The van der Waals surface area contributed by atoms with Gasteiger partial charge in [0.15, 0.2) is 15.1 Å². The molecule has 8 heteroatoms. The molecule has 1 fully saturated rings. The van der Waals surface area contributed by atoms with Crippen molar-refractivity contribution in [3.05, 3.63) is 0 Å². The van der Waals surface area contributed by atoms with E-state index in [2.05, 4.69) is 0 Å². The highest BCUT2D eigenvalue weighted by molar-refractivity contribution is 7.93. The lowest BCUT2D eigenvalue weighted by Crippen LogP contribution is -2.38. The highest BCUT2D eigenvalue weighted by Crippen LogP contribution is 2.19. The molecule has 1 rings (SSSR count). The maximum absolute atomic E-state index is 12.0. The number of hydrogen-bond donors (Lipinski definition) is 0. The van der Waals surface area contributed by atoms with E-state index < -0.39 is 44.1 Å². The van der Waals surface area contributed by atoms with Crippen LogP contribution in [0.2, 0.25) is 0 Å². The Morgan fingerprint density at radius 2 is 1.74 bits per heavy atom. The van der Waals surface area contributed by atoms with E-state index in [4.69, 9.17) is 9.47 Å². The first kappa shape index (κ1) is 19.7. The molecule has 2 atom stereocenters. The van der Waals surface area contributed by atoms with Gasteiger partial charge in [-0.05, 0) is 41.5 Å². The van der Waals surface area contributed by atoms with E-state index in [0.717, 1.165) is 0 Å². The van der Waals surface area contributed by atoms with Crippen LogP contribution in [-0.4, -0.2) is 60.7 Å². The van der Waals surface area contributed by atoms with Gasteiger partial charge >= 0.3 is 12.1 Å². The minimum Gasteiger partial charge on any atom is -0.459 e. The largest absolute Gasteiger partial charge is 0.459 e. The Morgan fingerprint density at radius 1 is 1.17 bits per heavy atom. The summed E-state index contributed by atoms with van der Waals surface area (Å²) in [5.74, 6) is -0.769. The minimum atomic E-state index is -3.55. The summed E-state index contributed by atoms with van der Waals surface area (Å²) in [7, 11) is -3.55. The number of ether oxygens (including phenoxy) is 2. The average molecular weight is 349 g/mol. The van der Waals surface area contributed by atoms with Crippen molar-refractivity contribution in [2.45, 2.75) is 70.2 Å². The van der Waals surface area contributed by atoms with Gasteiger partial charge in [0.1, 0.15) is 11.7 Å². The normalized spacial score (nSPS) is 20.5. The van der Waals surface area contributed by atoms with E-state index in [0.29, 0.717) is 13.0 Å². The van der Waals surface area contributed by atoms with E-state index in [1.165, 1.54) is 25.7 Å². The summed E-state index contributed by atoms with van der Waals surface area (Å²) in [5, 5.41) is -1.86. The van der Waals surface area contributed by atoms with Crippen LogP contribution >= 0.6 is 0 Å². The molecule has 1 aliphatic heterocycles. The highest BCUT2D eigenvalue weighted by Gasteiger charge is 2.36. The Labute approximate surface area is 138 Å². The lowest BCUT2D eigenvalue weighted by atomic mass is 10.2. The van der Waals surface area contributed by atoms with Gasteiger partial charge in [0.2, 0.25) is 0 Å². The third-order valence-electron chi connectivity index (χ3n) is 3.56.